The molecule has 0 aliphatic rings. The summed E-state index contributed by atoms with van der Waals surface area (Å²) >= 11 is 0. The molecule has 0 heterocycles. The molecule has 0 rings (SSSR count). The lowest BCUT2D eigenvalue weighted by atomic mass is 9.92. The van der Waals surface area contributed by atoms with Crippen molar-refractivity contribution in [2.45, 2.75) is 27.2 Å². The van der Waals surface area contributed by atoms with Gasteiger partial charge in [-0.3, -0.25) is 4.79 Å². The van der Waals surface area contributed by atoms with Crippen LogP contribution in [0, 0.1) is 17.8 Å². The van der Waals surface area contributed by atoms with Gasteiger partial charge in [0.05, 0.1) is 6.54 Å². The van der Waals surface area contributed by atoms with Gasteiger partial charge in [0.1, 0.15) is 0 Å². The molecule has 0 saturated heterocycles. The highest BCUT2D eigenvalue weighted by atomic mass is 16.1. The fraction of sp³-hybridized carbons (Fsp3) is 0.667. The van der Waals surface area contributed by atoms with Crippen molar-refractivity contribution in [1.29, 1.82) is 0 Å². The topological polar surface area (TPSA) is 29.1 Å². The number of carbonyl (C=O) groups is 1. The Morgan fingerprint density at radius 2 is 2.09 bits per heavy atom. The molecule has 0 atom stereocenters. The van der Waals surface area contributed by atoms with E-state index in [-0.39, 0.29) is 11.3 Å². The summed E-state index contributed by atoms with van der Waals surface area (Å²) in [5.41, 5.74) is 0.0404. The first-order valence-corrected chi connectivity index (χ1v) is 3.66. The summed E-state index contributed by atoms with van der Waals surface area (Å²) < 4.78 is 0. The van der Waals surface area contributed by atoms with Gasteiger partial charge in [-0.1, -0.05) is 26.7 Å². The predicted molar refractivity (Wildman–Crippen MR) is 45.9 cm³/mol. The second-order valence-electron chi connectivity index (χ2n) is 3.72. The van der Waals surface area contributed by atoms with Gasteiger partial charge in [0.25, 0.3) is 0 Å². The third-order valence-electron chi connectivity index (χ3n) is 1.08. The van der Waals surface area contributed by atoms with Crippen LogP contribution in [0.25, 0.3) is 0 Å². The fourth-order valence-electron chi connectivity index (χ4n) is 0.694. The molecule has 2 heteroatoms. The molecule has 1 amide bonds. The number of hydrogen-bond acceptors (Lipinski definition) is 1. The Balaban J connectivity index is 3.64. The molecule has 0 aromatic rings. The van der Waals surface area contributed by atoms with Gasteiger partial charge in [-0.05, 0) is 5.41 Å². The third kappa shape index (κ3) is 6.92. The lowest BCUT2D eigenvalue weighted by Gasteiger charge is -2.16. The van der Waals surface area contributed by atoms with Crippen molar-refractivity contribution in [1.82, 2.24) is 5.32 Å². The molecule has 0 aliphatic heterocycles. The van der Waals surface area contributed by atoms with E-state index in [1.54, 1.807) is 0 Å². The SMILES string of the molecule is C#CCNC(=O)CC(C)(C)C. The van der Waals surface area contributed by atoms with Gasteiger partial charge in [-0.2, -0.15) is 0 Å². The molecule has 62 valence electrons. The molecule has 0 bridgehead atoms. The number of terminal acetylenes is 1. The highest BCUT2D eigenvalue weighted by molar-refractivity contribution is 5.76. The number of carbonyl (C=O) groups excluding carboxylic acids is 1. The van der Waals surface area contributed by atoms with Crippen LogP contribution in [0.3, 0.4) is 0 Å². The number of hydrogen-bond donors (Lipinski definition) is 1. The van der Waals surface area contributed by atoms with E-state index in [0.29, 0.717) is 13.0 Å². The summed E-state index contributed by atoms with van der Waals surface area (Å²) in [6.07, 6.45) is 5.50. The van der Waals surface area contributed by atoms with Gasteiger partial charge in [-0.15, -0.1) is 6.42 Å². The van der Waals surface area contributed by atoms with E-state index in [1.165, 1.54) is 0 Å². The van der Waals surface area contributed by atoms with Gasteiger partial charge in [0.15, 0.2) is 0 Å². The molecule has 0 unspecified atom stereocenters. The Bertz CT molecular complexity index is 171. The molecule has 0 saturated carbocycles. The van der Waals surface area contributed by atoms with Gasteiger partial charge in [0, 0.05) is 6.42 Å². The van der Waals surface area contributed by atoms with Crippen molar-refractivity contribution in [3.8, 4) is 12.3 Å². The van der Waals surface area contributed by atoms with E-state index >= 15 is 0 Å². The minimum atomic E-state index is 0.0236. The normalized spacial score (nSPS) is 10.4. The maximum Gasteiger partial charge on any atom is 0.221 e. The largest absolute Gasteiger partial charge is 0.345 e. The molecular weight excluding hydrogens is 138 g/mol. The zero-order valence-electron chi connectivity index (χ0n) is 7.40. The second kappa shape index (κ2) is 4.02. The first-order valence-electron chi connectivity index (χ1n) is 3.66. The van der Waals surface area contributed by atoms with Crippen LogP contribution in [-0.2, 0) is 4.79 Å². The lowest BCUT2D eigenvalue weighted by molar-refractivity contribution is -0.122. The molecule has 0 aromatic carbocycles. The van der Waals surface area contributed by atoms with E-state index in [0.717, 1.165) is 0 Å². The van der Waals surface area contributed by atoms with Crippen LogP contribution in [0.1, 0.15) is 27.2 Å². The zero-order chi connectivity index (χ0) is 8.91. The van der Waals surface area contributed by atoms with Gasteiger partial charge >= 0.3 is 0 Å². The molecular formula is C9H15NO. The maximum absolute atomic E-state index is 11.0. The molecule has 0 aromatic heterocycles. The van der Waals surface area contributed by atoms with Crippen LogP contribution in [0.4, 0.5) is 0 Å². The quantitative estimate of drug-likeness (QED) is 0.593. The van der Waals surface area contributed by atoms with Crippen LogP contribution in [0.15, 0.2) is 0 Å². The standard InChI is InChI=1S/C9H15NO/c1-5-6-10-8(11)7-9(2,3)4/h1H,6-7H2,2-4H3,(H,10,11). The van der Waals surface area contributed by atoms with Crippen molar-refractivity contribution in [3.05, 3.63) is 0 Å². The Morgan fingerprint density at radius 3 is 2.45 bits per heavy atom. The van der Waals surface area contributed by atoms with Gasteiger partial charge < -0.3 is 5.32 Å². The minimum absolute atomic E-state index is 0.0236. The van der Waals surface area contributed by atoms with Crippen molar-refractivity contribution in [2.24, 2.45) is 5.41 Å². The molecule has 1 N–H and O–H groups in total. The highest BCUT2D eigenvalue weighted by Crippen LogP contribution is 2.17. The van der Waals surface area contributed by atoms with E-state index in [4.69, 9.17) is 6.42 Å². The third-order valence-corrected chi connectivity index (χ3v) is 1.08. The van der Waals surface area contributed by atoms with Crippen LogP contribution in [0.5, 0.6) is 0 Å². The molecule has 11 heavy (non-hydrogen) atoms. The summed E-state index contributed by atoms with van der Waals surface area (Å²) in [7, 11) is 0. The van der Waals surface area contributed by atoms with E-state index < -0.39 is 0 Å². The molecule has 2 nitrogen and oxygen atoms in total. The van der Waals surface area contributed by atoms with Gasteiger partial charge in [-0.25, -0.2) is 0 Å². The van der Waals surface area contributed by atoms with Crippen LogP contribution in [-0.4, -0.2) is 12.5 Å². The van der Waals surface area contributed by atoms with Crippen LogP contribution >= 0.6 is 0 Å². The fourth-order valence-corrected chi connectivity index (χ4v) is 0.694. The Morgan fingerprint density at radius 1 is 1.55 bits per heavy atom. The smallest absolute Gasteiger partial charge is 0.221 e. The van der Waals surface area contributed by atoms with Crippen molar-refractivity contribution in [3.63, 3.8) is 0 Å². The molecule has 0 fully saturated rings. The Hall–Kier alpha value is -0.970. The average Bonchev–Trinajstić information content (AvgIpc) is 1.79. The Labute approximate surface area is 68.4 Å². The minimum Gasteiger partial charge on any atom is -0.345 e. The molecule has 0 radical (unpaired) electrons. The van der Waals surface area contributed by atoms with E-state index in [2.05, 4.69) is 11.2 Å². The summed E-state index contributed by atoms with van der Waals surface area (Å²) in [6, 6.07) is 0. The summed E-state index contributed by atoms with van der Waals surface area (Å²) in [4.78, 5) is 11.0. The van der Waals surface area contributed by atoms with E-state index in [1.807, 2.05) is 20.8 Å². The molecule has 0 aliphatic carbocycles. The van der Waals surface area contributed by atoms with Crippen LogP contribution < -0.4 is 5.32 Å². The number of rotatable bonds is 2. The first kappa shape index (κ1) is 10.0. The predicted octanol–water partition coefficient (Wildman–Crippen LogP) is 1.17. The van der Waals surface area contributed by atoms with Gasteiger partial charge in [0.2, 0.25) is 5.91 Å². The monoisotopic (exact) mass is 153 g/mol. The number of nitrogens with one attached hydrogen (secondary N) is 1. The Kier molecular flexibility index (Phi) is 3.67. The lowest BCUT2D eigenvalue weighted by Crippen LogP contribution is -2.27. The van der Waals surface area contributed by atoms with Crippen LogP contribution in [0.2, 0.25) is 0 Å². The average molecular weight is 153 g/mol. The zero-order valence-corrected chi connectivity index (χ0v) is 7.40. The first-order chi connectivity index (χ1) is 4.95. The summed E-state index contributed by atoms with van der Waals surface area (Å²) in [6.45, 7) is 6.38. The van der Waals surface area contributed by atoms with Crippen molar-refractivity contribution in [2.75, 3.05) is 6.54 Å². The molecule has 0 spiro atoms. The van der Waals surface area contributed by atoms with E-state index in [9.17, 15) is 4.79 Å². The highest BCUT2D eigenvalue weighted by Gasteiger charge is 2.14. The van der Waals surface area contributed by atoms with Crippen molar-refractivity contribution < 1.29 is 4.79 Å². The second-order valence-corrected chi connectivity index (χ2v) is 3.72. The summed E-state index contributed by atoms with van der Waals surface area (Å²) in [5, 5.41) is 2.61. The number of amides is 1. The van der Waals surface area contributed by atoms with Crippen molar-refractivity contribution >= 4 is 5.91 Å². The maximum atomic E-state index is 11.0. The summed E-state index contributed by atoms with van der Waals surface area (Å²) in [5.74, 6) is 2.38.